The third kappa shape index (κ3) is 3.14. The van der Waals surface area contributed by atoms with Crippen LogP contribution in [0.1, 0.15) is 10.5 Å². The number of carbonyl (C=O) groups excluding carboxylic acids is 1. The quantitative estimate of drug-likeness (QED) is 0.576. The molecule has 2 heterocycles. The van der Waals surface area contributed by atoms with Crippen LogP contribution in [0.4, 0.5) is 5.82 Å². The van der Waals surface area contributed by atoms with E-state index in [2.05, 4.69) is 20.3 Å². The Hall–Kier alpha value is -2.54. The van der Waals surface area contributed by atoms with Crippen LogP contribution in [-0.4, -0.2) is 34.1 Å². The first-order valence-corrected chi connectivity index (χ1v) is 7.28. The number of hydrogen-bond donors (Lipinski definition) is 1. The van der Waals surface area contributed by atoms with Crippen molar-refractivity contribution < 1.29 is 9.53 Å². The monoisotopic (exact) mass is 300 g/mol. The molecule has 106 valence electrons. The molecule has 1 aromatic carbocycles. The molecule has 0 unspecified atom stereocenters. The summed E-state index contributed by atoms with van der Waals surface area (Å²) in [6.45, 7) is 0.714. The van der Waals surface area contributed by atoms with E-state index in [0.717, 1.165) is 16.7 Å². The van der Waals surface area contributed by atoms with E-state index in [1.807, 2.05) is 24.3 Å². The molecule has 0 radical (unpaired) electrons. The molecule has 21 heavy (non-hydrogen) atoms. The second kappa shape index (κ2) is 6.27. The van der Waals surface area contributed by atoms with Gasteiger partial charge in [0.2, 0.25) is 0 Å². The molecule has 0 saturated heterocycles. The van der Waals surface area contributed by atoms with Gasteiger partial charge in [-0.25, -0.2) is 19.7 Å². The number of nitrogens with one attached hydrogen (secondary N) is 1. The van der Waals surface area contributed by atoms with E-state index >= 15 is 0 Å². The van der Waals surface area contributed by atoms with E-state index in [-0.39, 0.29) is 6.61 Å². The Morgan fingerprint density at radius 3 is 3.00 bits per heavy atom. The molecule has 0 spiro atoms. The summed E-state index contributed by atoms with van der Waals surface area (Å²) in [5.74, 6) is 0.316. The minimum Gasteiger partial charge on any atom is -0.459 e. The van der Waals surface area contributed by atoms with Gasteiger partial charge in [0.05, 0.1) is 17.6 Å². The minimum atomic E-state index is -0.411. The maximum absolute atomic E-state index is 11.6. The number of thiazole rings is 1. The molecule has 6 nitrogen and oxygen atoms in total. The first-order chi connectivity index (χ1) is 10.3. The Labute approximate surface area is 124 Å². The molecule has 0 aliphatic rings. The average molecular weight is 300 g/mol. The predicted molar refractivity (Wildman–Crippen MR) is 80.4 cm³/mol. The van der Waals surface area contributed by atoms with Crippen LogP contribution >= 0.6 is 11.3 Å². The molecular weight excluding hydrogens is 288 g/mol. The average Bonchev–Trinajstić information content (AvgIpc) is 3.06. The number of aromatic nitrogens is 3. The summed E-state index contributed by atoms with van der Waals surface area (Å²) in [6.07, 6.45) is 1.51. The van der Waals surface area contributed by atoms with Gasteiger partial charge in [-0.2, -0.15) is 0 Å². The van der Waals surface area contributed by atoms with Crippen molar-refractivity contribution in [3.8, 4) is 0 Å². The maximum atomic E-state index is 11.6. The largest absolute Gasteiger partial charge is 0.459 e. The fraction of sp³-hybridized carbons (Fsp3) is 0.143. The Kier molecular flexibility index (Phi) is 4.02. The number of para-hydroxylation sites is 1. The lowest BCUT2D eigenvalue weighted by molar-refractivity contribution is 0.0514. The van der Waals surface area contributed by atoms with Gasteiger partial charge in [0.15, 0.2) is 5.69 Å². The number of esters is 1. The van der Waals surface area contributed by atoms with Crippen molar-refractivity contribution in [3.05, 3.63) is 47.2 Å². The van der Waals surface area contributed by atoms with Crippen LogP contribution in [0.25, 0.3) is 10.9 Å². The Morgan fingerprint density at radius 1 is 1.24 bits per heavy atom. The normalized spacial score (nSPS) is 10.5. The minimum absolute atomic E-state index is 0.245. The lowest BCUT2D eigenvalue weighted by Gasteiger charge is -2.08. The fourth-order valence-corrected chi connectivity index (χ4v) is 2.37. The number of fused-ring (bicyclic) bond motifs is 1. The van der Waals surface area contributed by atoms with Crippen LogP contribution in [-0.2, 0) is 4.74 Å². The van der Waals surface area contributed by atoms with Gasteiger partial charge < -0.3 is 10.1 Å². The second-order valence-electron chi connectivity index (χ2n) is 4.18. The van der Waals surface area contributed by atoms with Gasteiger partial charge in [-0.05, 0) is 12.1 Å². The summed E-state index contributed by atoms with van der Waals surface area (Å²) >= 11 is 1.36. The third-order valence-electron chi connectivity index (χ3n) is 2.81. The highest BCUT2D eigenvalue weighted by atomic mass is 32.1. The molecule has 2 aromatic heterocycles. The Balaban J connectivity index is 1.56. The van der Waals surface area contributed by atoms with Crippen molar-refractivity contribution >= 4 is 34.0 Å². The molecule has 3 aromatic rings. The molecule has 0 bridgehead atoms. The van der Waals surface area contributed by atoms with Crippen LogP contribution in [0.15, 0.2) is 41.5 Å². The number of hydrogen-bond acceptors (Lipinski definition) is 7. The summed E-state index contributed by atoms with van der Waals surface area (Å²) in [5, 5.41) is 5.74. The van der Waals surface area contributed by atoms with Crippen LogP contribution in [0.2, 0.25) is 0 Å². The number of rotatable bonds is 5. The number of nitrogens with zero attached hydrogens (tertiary/aromatic N) is 3. The summed E-state index contributed by atoms with van der Waals surface area (Å²) < 4.78 is 5.12. The molecule has 1 N–H and O–H groups in total. The lowest BCUT2D eigenvalue weighted by atomic mass is 10.2. The Morgan fingerprint density at radius 2 is 2.14 bits per heavy atom. The standard InChI is InChI=1S/C14H12N4O2S/c19-14(12-7-21-9-18-12)20-6-5-15-13-10-3-1-2-4-11(10)16-8-17-13/h1-4,7-9H,5-6H2,(H,15,16,17). The van der Waals surface area contributed by atoms with E-state index in [0.29, 0.717) is 12.2 Å². The van der Waals surface area contributed by atoms with Gasteiger partial charge in [0, 0.05) is 10.8 Å². The lowest BCUT2D eigenvalue weighted by Crippen LogP contribution is -2.15. The highest BCUT2D eigenvalue weighted by Gasteiger charge is 2.08. The van der Waals surface area contributed by atoms with Crippen molar-refractivity contribution in [2.75, 3.05) is 18.5 Å². The van der Waals surface area contributed by atoms with Crippen LogP contribution in [0.5, 0.6) is 0 Å². The highest BCUT2D eigenvalue weighted by Crippen LogP contribution is 2.17. The molecule has 0 aliphatic heterocycles. The first kappa shape index (κ1) is 13.4. The molecule has 3 rings (SSSR count). The SMILES string of the molecule is O=C(OCCNc1ncnc2ccccc12)c1cscn1. The molecule has 7 heteroatoms. The fourth-order valence-electron chi connectivity index (χ4n) is 1.85. The molecule has 0 atom stereocenters. The second-order valence-corrected chi connectivity index (χ2v) is 4.89. The molecule has 0 fully saturated rings. The van der Waals surface area contributed by atoms with Gasteiger partial charge in [-0.3, -0.25) is 0 Å². The van der Waals surface area contributed by atoms with Crippen molar-refractivity contribution in [1.82, 2.24) is 15.0 Å². The number of ether oxygens (including phenoxy) is 1. The van der Waals surface area contributed by atoms with Gasteiger partial charge >= 0.3 is 5.97 Å². The maximum Gasteiger partial charge on any atom is 0.357 e. The number of benzene rings is 1. The summed E-state index contributed by atoms with van der Waals surface area (Å²) in [6, 6.07) is 7.72. The van der Waals surface area contributed by atoms with Crippen molar-refractivity contribution in [1.29, 1.82) is 0 Å². The zero-order valence-electron chi connectivity index (χ0n) is 11.0. The first-order valence-electron chi connectivity index (χ1n) is 6.33. The molecule has 0 aliphatic carbocycles. The van der Waals surface area contributed by atoms with Gasteiger partial charge in [-0.1, -0.05) is 12.1 Å². The van der Waals surface area contributed by atoms with Crippen LogP contribution in [0.3, 0.4) is 0 Å². The van der Waals surface area contributed by atoms with Crippen molar-refractivity contribution in [3.63, 3.8) is 0 Å². The predicted octanol–water partition coefficient (Wildman–Crippen LogP) is 2.36. The van der Waals surface area contributed by atoms with Crippen LogP contribution < -0.4 is 5.32 Å². The molecule has 0 amide bonds. The van der Waals surface area contributed by atoms with Gasteiger partial charge in [0.25, 0.3) is 0 Å². The van der Waals surface area contributed by atoms with Crippen LogP contribution in [0, 0.1) is 0 Å². The van der Waals surface area contributed by atoms with Crippen molar-refractivity contribution in [2.45, 2.75) is 0 Å². The van der Waals surface area contributed by atoms with E-state index in [4.69, 9.17) is 4.74 Å². The van der Waals surface area contributed by atoms with E-state index in [9.17, 15) is 4.79 Å². The van der Waals surface area contributed by atoms with E-state index in [1.54, 1.807) is 10.9 Å². The summed E-state index contributed by atoms with van der Waals surface area (Å²) in [4.78, 5) is 23.9. The van der Waals surface area contributed by atoms with Crippen molar-refractivity contribution in [2.24, 2.45) is 0 Å². The summed E-state index contributed by atoms with van der Waals surface area (Å²) in [5.41, 5.74) is 2.81. The molecule has 0 saturated carbocycles. The van der Waals surface area contributed by atoms with E-state index < -0.39 is 5.97 Å². The van der Waals surface area contributed by atoms with Gasteiger partial charge in [0.1, 0.15) is 18.8 Å². The Bertz CT molecular complexity index is 740. The number of anilines is 1. The zero-order chi connectivity index (χ0) is 14.5. The smallest absolute Gasteiger partial charge is 0.357 e. The highest BCUT2D eigenvalue weighted by molar-refractivity contribution is 7.07. The van der Waals surface area contributed by atoms with E-state index in [1.165, 1.54) is 17.7 Å². The molecular formula is C14H12N4O2S. The topological polar surface area (TPSA) is 77.0 Å². The third-order valence-corrected chi connectivity index (χ3v) is 3.40. The number of carbonyl (C=O) groups is 1. The summed E-state index contributed by atoms with van der Waals surface area (Å²) in [7, 11) is 0. The zero-order valence-corrected chi connectivity index (χ0v) is 11.8. The van der Waals surface area contributed by atoms with Gasteiger partial charge in [-0.15, -0.1) is 11.3 Å².